The van der Waals surface area contributed by atoms with Crippen LogP contribution >= 0.6 is 0 Å². The second-order valence-corrected chi connectivity index (χ2v) is 5.47. The van der Waals surface area contributed by atoms with E-state index in [0.29, 0.717) is 28.7 Å². The Morgan fingerprint density at radius 1 is 0.846 bits per heavy atom. The van der Waals surface area contributed by atoms with E-state index in [1.54, 1.807) is 38.5 Å². The van der Waals surface area contributed by atoms with Gasteiger partial charge in [-0.05, 0) is 36.8 Å². The molecule has 1 atom stereocenters. The highest BCUT2D eigenvalue weighted by Crippen LogP contribution is 2.34. The Labute approximate surface area is 153 Å². The lowest BCUT2D eigenvalue weighted by Gasteiger charge is -2.18. The molecule has 7 nitrogen and oxygen atoms in total. The molecule has 7 heteroatoms. The standard InChI is InChI=1S/C19H24N2O5/c1-12(13-9-10-14(23-2)17(11-13)26-5)20-19(22)21-18-15(24-3)7-6-8-16(18)25-4/h6-12H,1-5H3,(H2,20,21,22). The number of carbonyl (C=O) groups excluding carboxylic acids is 1. The number of anilines is 1. The van der Waals surface area contributed by atoms with Crippen LogP contribution in [0.15, 0.2) is 36.4 Å². The van der Waals surface area contributed by atoms with Gasteiger partial charge in [-0.3, -0.25) is 0 Å². The van der Waals surface area contributed by atoms with Crippen molar-refractivity contribution in [3.63, 3.8) is 0 Å². The van der Waals surface area contributed by atoms with Crippen LogP contribution in [0.5, 0.6) is 23.0 Å². The zero-order valence-corrected chi connectivity index (χ0v) is 15.6. The highest BCUT2D eigenvalue weighted by molar-refractivity contribution is 5.93. The SMILES string of the molecule is COc1ccc(C(C)NC(=O)Nc2c(OC)cccc2OC)cc1OC. The molecule has 0 aromatic heterocycles. The fourth-order valence-electron chi connectivity index (χ4n) is 2.53. The molecule has 2 aromatic carbocycles. The maximum absolute atomic E-state index is 12.4. The Morgan fingerprint density at radius 2 is 1.42 bits per heavy atom. The highest BCUT2D eigenvalue weighted by Gasteiger charge is 2.16. The van der Waals surface area contributed by atoms with E-state index in [2.05, 4.69) is 10.6 Å². The molecular weight excluding hydrogens is 336 g/mol. The number of methoxy groups -OCH3 is 4. The van der Waals surface area contributed by atoms with Gasteiger partial charge in [-0.1, -0.05) is 12.1 Å². The minimum atomic E-state index is -0.380. The number of amides is 2. The zero-order chi connectivity index (χ0) is 19.1. The van der Waals surface area contributed by atoms with Crippen molar-refractivity contribution in [2.24, 2.45) is 0 Å². The molecule has 2 rings (SSSR count). The van der Waals surface area contributed by atoms with Gasteiger partial charge in [0.1, 0.15) is 17.2 Å². The molecular formula is C19H24N2O5. The van der Waals surface area contributed by atoms with E-state index in [-0.39, 0.29) is 12.1 Å². The van der Waals surface area contributed by atoms with Crippen LogP contribution < -0.4 is 29.6 Å². The van der Waals surface area contributed by atoms with Gasteiger partial charge in [0.2, 0.25) is 0 Å². The summed E-state index contributed by atoms with van der Waals surface area (Å²) in [6.07, 6.45) is 0. The third-order valence-corrected chi connectivity index (χ3v) is 3.92. The van der Waals surface area contributed by atoms with Crippen LogP contribution in [0.4, 0.5) is 10.5 Å². The van der Waals surface area contributed by atoms with E-state index < -0.39 is 0 Å². The first kappa shape index (κ1) is 19.2. The summed E-state index contributed by atoms with van der Waals surface area (Å²) in [5.74, 6) is 2.26. The van der Waals surface area contributed by atoms with Gasteiger partial charge in [-0.25, -0.2) is 4.79 Å². The predicted molar refractivity (Wildman–Crippen MR) is 99.7 cm³/mol. The molecule has 2 N–H and O–H groups in total. The van der Waals surface area contributed by atoms with Crippen LogP contribution in [-0.2, 0) is 0 Å². The third kappa shape index (κ3) is 4.30. The fourth-order valence-corrected chi connectivity index (χ4v) is 2.53. The maximum atomic E-state index is 12.4. The van der Waals surface area contributed by atoms with E-state index >= 15 is 0 Å². The largest absolute Gasteiger partial charge is 0.494 e. The molecule has 2 amide bonds. The van der Waals surface area contributed by atoms with Crippen molar-refractivity contribution in [2.45, 2.75) is 13.0 Å². The van der Waals surface area contributed by atoms with Gasteiger partial charge in [0.15, 0.2) is 11.5 Å². The molecule has 1 unspecified atom stereocenters. The van der Waals surface area contributed by atoms with Crippen LogP contribution in [0.2, 0.25) is 0 Å². The number of hydrogen-bond acceptors (Lipinski definition) is 5. The second-order valence-electron chi connectivity index (χ2n) is 5.47. The summed E-state index contributed by atoms with van der Waals surface area (Å²) in [6, 6.07) is 10.1. The lowest BCUT2D eigenvalue weighted by molar-refractivity contribution is 0.249. The van der Waals surface area contributed by atoms with E-state index in [0.717, 1.165) is 5.56 Å². The number of urea groups is 1. The topological polar surface area (TPSA) is 78.1 Å². The summed E-state index contributed by atoms with van der Waals surface area (Å²) in [5.41, 5.74) is 1.35. The number of rotatable bonds is 7. The fraction of sp³-hybridized carbons (Fsp3) is 0.316. The molecule has 0 spiro atoms. The van der Waals surface area contributed by atoms with Gasteiger partial charge in [0, 0.05) is 0 Å². The molecule has 0 radical (unpaired) electrons. The Kier molecular flexibility index (Phi) is 6.54. The summed E-state index contributed by atoms with van der Waals surface area (Å²) in [4.78, 5) is 12.4. The molecule has 26 heavy (non-hydrogen) atoms. The molecule has 140 valence electrons. The number of carbonyl (C=O) groups is 1. The Balaban J connectivity index is 2.13. The van der Waals surface area contributed by atoms with Crippen molar-refractivity contribution in [2.75, 3.05) is 33.8 Å². The van der Waals surface area contributed by atoms with E-state index in [9.17, 15) is 4.79 Å². The number of para-hydroxylation sites is 1. The smallest absolute Gasteiger partial charge is 0.319 e. The summed E-state index contributed by atoms with van der Waals surface area (Å²) in [7, 11) is 6.21. The first-order chi connectivity index (χ1) is 12.5. The molecule has 0 bridgehead atoms. The highest BCUT2D eigenvalue weighted by atomic mass is 16.5. The second kappa shape index (κ2) is 8.84. The van der Waals surface area contributed by atoms with Crippen molar-refractivity contribution in [1.82, 2.24) is 5.32 Å². The molecule has 0 heterocycles. The lowest BCUT2D eigenvalue weighted by atomic mass is 10.1. The molecule has 0 aliphatic heterocycles. The number of hydrogen-bond donors (Lipinski definition) is 2. The van der Waals surface area contributed by atoms with Gasteiger partial charge >= 0.3 is 6.03 Å². The van der Waals surface area contributed by atoms with E-state index in [1.807, 2.05) is 19.1 Å². The van der Waals surface area contributed by atoms with E-state index in [4.69, 9.17) is 18.9 Å². The average molecular weight is 360 g/mol. The van der Waals surface area contributed by atoms with Crippen molar-refractivity contribution in [3.8, 4) is 23.0 Å². The van der Waals surface area contributed by atoms with E-state index in [1.165, 1.54) is 14.2 Å². The Hall–Kier alpha value is -3.09. The quantitative estimate of drug-likeness (QED) is 0.789. The molecule has 0 saturated heterocycles. The summed E-state index contributed by atoms with van der Waals surface area (Å²) < 4.78 is 21.1. The minimum absolute atomic E-state index is 0.254. The average Bonchev–Trinajstić information content (AvgIpc) is 2.67. The summed E-state index contributed by atoms with van der Waals surface area (Å²) >= 11 is 0. The van der Waals surface area contributed by atoms with Crippen LogP contribution in [0, 0.1) is 0 Å². The first-order valence-electron chi connectivity index (χ1n) is 8.04. The zero-order valence-electron chi connectivity index (χ0n) is 15.6. The van der Waals surface area contributed by atoms with Crippen LogP contribution in [0.1, 0.15) is 18.5 Å². The molecule has 0 saturated carbocycles. The Bertz CT molecular complexity index is 741. The molecule has 0 fully saturated rings. The van der Waals surface area contributed by atoms with Crippen LogP contribution in [0.25, 0.3) is 0 Å². The molecule has 0 aliphatic carbocycles. The monoisotopic (exact) mass is 360 g/mol. The molecule has 0 aliphatic rings. The van der Waals surface area contributed by atoms with Crippen molar-refractivity contribution in [1.29, 1.82) is 0 Å². The van der Waals surface area contributed by atoms with Crippen molar-refractivity contribution in [3.05, 3.63) is 42.0 Å². The van der Waals surface area contributed by atoms with Gasteiger partial charge in [-0.15, -0.1) is 0 Å². The predicted octanol–water partition coefficient (Wildman–Crippen LogP) is 3.60. The summed E-state index contributed by atoms with van der Waals surface area (Å²) in [5, 5.41) is 5.66. The van der Waals surface area contributed by atoms with Crippen LogP contribution in [-0.4, -0.2) is 34.5 Å². The number of benzene rings is 2. The number of ether oxygens (including phenoxy) is 4. The van der Waals surface area contributed by atoms with Gasteiger partial charge in [-0.2, -0.15) is 0 Å². The van der Waals surface area contributed by atoms with Gasteiger partial charge in [0.05, 0.1) is 34.5 Å². The lowest BCUT2D eigenvalue weighted by Crippen LogP contribution is -2.31. The first-order valence-corrected chi connectivity index (χ1v) is 8.04. The Morgan fingerprint density at radius 3 is 1.96 bits per heavy atom. The van der Waals surface area contributed by atoms with Crippen LogP contribution in [0.3, 0.4) is 0 Å². The van der Waals surface area contributed by atoms with Crippen molar-refractivity contribution < 1.29 is 23.7 Å². The molecule has 2 aromatic rings. The third-order valence-electron chi connectivity index (χ3n) is 3.92. The number of nitrogens with one attached hydrogen (secondary N) is 2. The van der Waals surface area contributed by atoms with Gasteiger partial charge in [0.25, 0.3) is 0 Å². The normalized spacial score (nSPS) is 11.3. The van der Waals surface area contributed by atoms with Gasteiger partial charge < -0.3 is 29.6 Å². The summed E-state index contributed by atoms with van der Waals surface area (Å²) in [6.45, 7) is 1.88. The maximum Gasteiger partial charge on any atom is 0.319 e. The van der Waals surface area contributed by atoms with Crippen molar-refractivity contribution >= 4 is 11.7 Å². The minimum Gasteiger partial charge on any atom is -0.494 e.